The van der Waals surface area contributed by atoms with Gasteiger partial charge in [0.25, 0.3) is 0 Å². The minimum atomic E-state index is 0.139. The standard InChI is InChI=1S/C17H27NO2/c1-13(2)12-18-8-7-17(3,4)14-5-6-15-16(11-14)20-10-9-19-15/h5-6,11,13,18H,7-10,12H2,1-4H3. The lowest BCUT2D eigenvalue weighted by atomic mass is 9.81. The molecule has 0 saturated heterocycles. The molecule has 0 spiro atoms. The highest BCUT2D eigenvalue weighted by atomic mass is 16.6. The number of rotatable bonds is 6. The Balaban J connectivity index is 1.98. The maximum Gasteiger partial charge on any atom is 0.161 e. The smallest absolute Gasteiger partial charge is 0.161 e. The van der Waals surface area contributed by atoms with Crippen molar-refractivity contribution in [1.82, 2.24) is 5.32 Å². The minimum absolute atomic E-state index is 0.139. The molecule has 3 nitrogen and oxygen atoms in total. The molecule has 1 aromatic carbocycles. The average Bonchev–Trinajstić information content (AvgIpc) is 2.43. The zero-order valence-electron chi connectivity index (χ0n) is 13.2. The summed E-state index contributed by atoms with van der Waals surface area (Å²) < 4.78 is 11.3. The molecule has 1 aromatic rings. The lowest BCUT2D eigenvalue weighted by Gasteiger charge is -2.28. The topological polar surface area (TPSA) is 30.5 Å². The highest BCUT2D eigenvalue weighted by Gasteiger charge is 2.23. The van der Waals surface area contributed by atoms with Crippen LogP contribution in [-0.2, 0) is 5.41 Å². The Hall–Kier alpha value is -1.22. The van der Waals surface area contributed by atoms with Crippen molar-refractivity contribution >= 4 is 0 Å². The quantitative estimate of drug-likeness (QED) is 0.809. The number of hydrogen-bond donors (Lipinski definition) is 1. The molecule has 0 amide bonds. The highest BCUT2D eigenvalue weighted by Crippen LogP contribution is 2.36. The van der Waals surface area contributed by atoms with Gasteiger partial charge in [-0.25, -0.2) is 0 Å². The van der Waals surface area contributed by atoms with E-state index in [9.17, 15) is 0 Å². The second-order valence-corrected chi connectivity index (χ2v) is 6.59. The normalized spacial score (nSPS) is 14.7. The van der Waals surface area contributed by atoms with Crippen molar-refractivity contribution in [3.8, 4) is 11.5 Å². The second-order valence-electron chi connectivity index (χ2n) is 6.59. The summed E-state index contributed by atoms with van der Waals surface area (Å²) in [6.45, 7) is 12.5. The molecule has 2 rings (SSSR count). The van der Waals surface area contributed by atoms with E-state index in [1.807, 2.05) is 6.07 Å². The van der Waals surface area contributed by atoms with Crippen LogP contribution in [0.3, 0.4) is 0 Å². The van der Waals surface area contributed by atoms with Gasteiger partial charge in [-0.2, -0.15) is 0 Å². The summed E-state index contributed by atoms with van der Waals surface area (Å²) in [4.78, 5) is 0. The monoisotopic (exact) mass is 277 g/mol. The first-order chi connectivity index (χ1) is 9.49. The summed E-state index contributed by atoms with van der Waals surface area (Å²) in [6.07, 6.45) is 1.11. The summed E-state index contributed by atoms with van der Waals surface area (Å²) in [5.74, 6) is 2.46. The van der Waals surface area contributed by atoms with Crippen molar-refractivity contribution in [1.29, 1.82) is 0 Å². The predicted molar refractivity (Wildman–Crippen MR) is 82.8 cm³/mol. The summed E-state index contributed by atoms with van der Waals surface area (Å²) in [5.41, 5.74) is 1.45. The first-order valence-corrected chi connectivity index (χ1v) is 7.60. The second kappa shape index (κ2) is 6.49. The lowest BCUT2D eigenvalue weighted by molar-refractivity contribution is 0.171. The molecule has 0 bridgehead atoms. The molecule has 1 N–H and O–H groups in total. The maximum atomic E-state index is 5.68. The third kappa shape index (κ3) is 3.89. The zero-order valence-corrected chi connectivity index (χ0v) is 13.2. The Morgan fingerprint density at radius 3 is 2.55 bits per heavy atom. The van der Waals surface area contributed by atoms with Crippen molar-refractivity contribution in [3.63, 3.8) is 0 Å². The molecule has 1 heterocycles. The average molecular weight is 277 g/mol. The molecule has 112 valence electrons. The van der Waals surface area contributed by atoms with Gasteiger partial charge < -0.3 is 14.8 Å². The van der Waals surface area contributed by atoms with E-state index in [4.69, 9.17) is 9.47 Å². The molecule has 3 heteroatoms. The third-order valence-corrected chi connectivity index (χ3v) is 3.80. The Kier molecular flexibility index (Phi) is 4.92. The van der Waals surface area contributed by atoms with Gasteiger partial charge in [0.15, 0.2) is 11.5 Å². The van der Waals surface area contributed by atoms with Crippen molar-refractivity contribution < 1.29 is 9.47 Å². The van der Waals surface area contributed by atoms with Crippen LogP contribution in [0, 0.1) is 5.92 Å². The van der Waals surface area contributed by atoms with Crippen LogP contribution in [0.1, 0.15) is 39.7 Å². The number of fused-ring (bicyclic) bond motifs is 1. The lowest BCUT2D eigenvalue weighted by Crippen LogP contribution is -2.28. The van der Waals surface area contributed by atoms with Crippen LogP contribution in [-0.4, -0.2) is 26.3 Å². The van der Waals surface area contributed by atoms with E-state index < -0.39 is 0 Å². The third-order valence-electron chi connectivity index (χ3n) is 3.80. The number of nitrogens with one attached hydrogen (secondary N) is 1. The Morgan fingerprint density at radius 2 is 1.85 bits per heavy atom. The highest BCUT2D eigenvalue weighted by molar-refractivity contribution is 5.45. The van der Waals surface area contributed by atoms with Crippen molar-refractivity contribution in [2.75, 3.05) is 26.3 Å². The van der Waals surface area contributed by atoms with Crippen molar-refractivity contribution in [2.45, 2.75) is 39.5 Å². The van der Waals surface area contributed by atoms with Gasteiger partial charge in [-0.15, -0.1) is 0 Å². The van der Waals surface area contributed by atoms with Crippen LogP contribution >= 0.6 is 0 Å². The van der Waals surface area contributed by atoms with Crippen LogP contribution in [0.5, 0.6) is 11.5 Å². The fourth-order valence-electron chi connectivity index (χ4n) is 2.40. The van der Waals surface area contributed by atoms with Gasteiger partial charge in [0, 0.05) is 0 Å². The van der Waals surface area contributed by atoms with E-state index in [1.165, 1.54) is 5.56 Å². The Morgan fingerprint density at radius 1 is 1.15 bits per heavy atom. The van der Waals surface area contributed by atoms with E-state index in [0.29, 0.717) is 19.1 Å². The van der Waals surface area contributed by atoms with Crippen LogP contribution in [0.4, 0.5) is 0 Å². The van der Waals surface area contributed by atoms with Gasteiger partial charge in [0.1, 0.15) is 13.2 Å². The summed E-state index contributed by atoms with van der Waals surface area (Å²) in [5, 5.41) is 3.52. The first-order valence-electron chi connectivity index (χ1n) is 7.60. The summed E-state index contributed by atoms with van der Waals surface area (Å²) in [6, 6.07) is 6.33. The van der Waals surface area contributed by atoms with E-state index in [2.05, 4.69) is 45.1 Å². The molecule has 1 aliphatic heterocycles. The molecule has 0 fully saturated rings. The minimum Gasteiger partial charge on any atom is -0.486 e. The van der Waals surface area contributed by atoms with E-state index in [0.717, 1.165) is 31.0 Å². The Labute approximate surface area is 122 Å². The largest absolute Gasteiger partial charge is 0.486 e. The number of benzene rings is 1. The SMILES string of the molecule is CC(C)CNCCC(C)(C)c1ccc2c(c1)OCCO2. The zero-order chi connectivity index (χ0) is 14.6. The number of hydrogen-bond acceptors (Lipinski definition) is 3. The fourth-order valence-corrected chi connectivity index (χ4v) is 2.40. The predicted octanol–water partition coefficient (Wildman–Crippen LogP) is 3.37. The summed E-state index contributed by atoms with van der Waals surface area (Å²) >= 11 is 0. The van der Waals surface area contributed by atoms with Crippen molar-refractivity contribution in [2.24, 2.45) is 5.92 Å². The Bertz CT molecular complexity index is 441. The molecule has 0 aliphatic carbocycles. The van der Waals surface area contributed by atoms with Crippen LogP contribution < -0.4 is 14.8 Å². The molecular weight excluding hydrogens is 250 g/mol. The van der Waals surface area contributed by atoms with E-state index in [-0.39, 0.29) is 5.41 Å². The first kappa shape index (κ1) is 15.2. The molecule has 20 heavy (non-hydrogen) atoms. The van der Waals surface area contributed by atoms with Gasteiger partial charge in [-0.1, -0.05) is 33.8 Å². The van der Waals surface area contributed by atoms with Crippen molar-refractivity contribution in [3.05, 3.63) is 23.8 Å². The molecule has 0 unspecified atom stereocenters. The van der Waals surface area contributed by atoms with Crippen LogP contribution in [0.25, 0.3) is 0 Å². The molecule has 0 aromatic heterocycles. The van der Waals surface area contributed by atoms with Crippen LogP contribution in [0.2, 0.25) is 0 Å². The number of ether oxygens (including phenoxy) is 2. The molecule has 1 aliphatic rings. The van der Waals surface area contributed by atoms with E-state index in [1.54, 1.807) is 0 Å². The van der Waals surface area contributed by atoms with Gasteiger partial charge in [-0.05, 0) is 48.5 Å². The summed E-state index contributed by atoms with van der Waals surface area (Å²) in [7, 11) is 0. The van der Waals surface area contributed by atoms with Crippen LogP contribution in [0.15, 0.2) is 18.2 Å². The molecule has 0 atom stereocenters. The molecule has 0 saturated carbocycles. The maximum absolute atomic E-state index is 5.68. The van der Waals surface area contributed by atoms with Gasteiger partial charge in [0.2, 0.25) is 0 Å². The van der Waals surface area contributed by atoms with Gasteiger partial charge in [0.05, 0.1) is 0 Å². The van der Waals surface area contributed by atoms with Gasteiger partial charge >= 0.3 is 0 Å². The van der Waals surface area contributed by atoms with E-state index >= 15 is 0 Å². The molecular formula is C17H27NO2. The van der Waals surface area contributed by atoms with Gasteiger partial charge in [-0.3, -0.25) is 0 Å². The molecule has 0 radical (unpaired) electrons. The fraction of sp³-hybridized carbons (Fsp3) is 0.647.